The molecule has 0 unspecified atom stereocenters. The topological polar surface area (TPSA) is 98.0 Å². The van der Waals surface area contributed by atoms with Gasteiger partial charge in [-0.25, -0.2) is 0 Å². The van der Waals surface area contributed by atoms with Crippen LogP contribution in [0.4, 0.5) is 0 Å². The molecule has 1 heterocycles. The van der Waals surface area contributed by atoms with E-state index in [1.54, 1.807) is 16.8 Å². The zero-order valence-electron chi connectivity index (χ0n) is 21.8. The lowest BCUT2D eigenvalue weighted by molar-refractivity contribution is -0.138. The zero-order valence-corrected chi connectivity index (χ0v) is 23.4. The smallest absolute Gasteiger partial charge is 0.323 e. The van der Waals surface area contributed by atoms with Gasteiger partial charge in [-0.05, 0) is 48.2 Å². The maximum atomic E-state index is 11.5. The molecule has 208 valence electrons. The number of aromatic nitrogens is 1. The van der Waals surface area contributed by atoms with E-state index in [4.69, 9.17) is 26.2 Å². The summed E-state index contributed by atoms with van der Waals surface area (Å²) in [5.74, 6) is 0.0778. The van der Waals surface area contributed by atoms with Gasteiger partial charge in [0.05, 0.1) is 30.2 Å². The fourth-order valence-electron chi connectivity index (χ4n) is 4.12. The van der Waals surface area contributed by atoms with Crippen molar-refractivity contribution in [3.05, 3.63) is 89.1 Å². The van der Waals surface area contributed by atoms with Crippen LogP contribution in [0.1, 0.15) is 30.4 Å². The third kappa shape index (κ3) is 8.31. The number of benzene rings is 3. The number of ether oxygens (including phenoxy) is 2. The lowest BCUT2D eigenvalue weighted by Crippen LogP contribution is -2.07. The predicted octanol–water partition coefficient (Wildman–Crippen LogP) is 7.35. The van der Waals surface area contributed by atoms with E-state index < -0.39 is 11.9 Å². The Morgan fingerprint density at radius 1 is 0.875 bits per heavy atom. The molecule has 9 heteroatoms. The van der Waals surface area contributed by atoms with E-state index in [-0.39, 0.29) is 13.0 Å². The first-order valence-corrected chi connectivity index (χ1v) is 14.2. The molecule has 0 aliphatic heterocycles. The molecule has 0 bridgehead atoms. The van der Waals surface area contributed by atoms with Crippen LogP contribution in [0.2, 0.25) is 5.02 Å². The van der Waals surface area contributed by atoms with Crippen molar-refractivity contribution in [3.8, 4) is 11.5 Å². The number of hydrogen-bond donors (Lipinski definition) is 2. The highest BCUT2D eigenvalue weighted by atomic mass is 35.5. The summed E-state index contributed by atoms with van der Waals surface area (Å²) in [5.41, 5.74) is 2.66. The molecule has 40 heavy (non-hydrogen) atoms. The fraction of sp³-hybridized carbons (Fsp3) is 0.226. The summed E-state index contributed by atoms with van der Waals surface area (Å²) < 4.78 is 13.3. The van der Waals surface area contributed by atoms with Gasteiger partial charge in [-0.3, -0.25) is 9.59 Å². The summed E-state index contributed by atoms with van der Waals surface area (Å²) >= 11 is 7.51. The number of carbonyl (C=O) groups is 2. The Morgan fingerprint density at radius 3 is 2.35 bits per heavy atom. The third-order valence-electron chi connectivity index (χ3n) is 6.01. The summed E-state index contributed by atoms with van der Waals surface area (Å²) in [6, 6.07) is 21.0. The van der Waals surface area contributed by atoms with Crippen molar-refractivity contribution in [2.24, 2.45) is 0 Å². The Morgan fingerprint density at radius 2 is 1.62 bits per heavy atom. The molecule has 0 spiro atoms. The fourth-order valence-corrected chi connectivity index (χ4v) is 5.33. The highest BCUT2D eigenvalue weighted by Gasteiger charge is 2.14. The van der Waals surface area contributed by atoms with Crippen LogP contribution >= 0.6 is 23.4 Å². The van der Waals surface area contributed by atoms with Crippen molar-refractivity contribution in [1.29, 1.82) is 0 Å². The number of rotatable bonds is 15. The second-order valence-electron chi connectivity index (χ2n) is 8.99. The van der Waals surface area contributed by atoms with Gasteiger partial charge in [0.1, 0.15) is 18.0 Å². The molecule has 3 aromatic carbocycles. The molecule has 4 aromatic rings. The maximum absolute atomic E-state index is 11.5. The van der Waals surface area contributed by atoms with Gasteiger partial charge in [0.25, 0.3) is 0 Å². The summed E-state index contributed by atoms with van der Waals surface area (Å²) in [6.45, 7) is 0.970. The van der Waals surface area contributed by atoms with Crippen molar-refractivity contribution in [2.75, 3.05) is 19.0 Å². The highest BCUT2D eigenvalue weighted by Crippen LogP contribution is 2.33. The van der Waals surface area contributed by atoms with Gasteiger partial charge in [-0.1, -0.05) is 66.2 Å². The highest BCUT2D eigenvalue weighted by molar-refractivity contribution is 7.99. The van der Waals surface area contributed by atoms with E-state index >= 15 is 0 Å². The molecule has 7 nitrogen and oxygen atoms in total. The molecule has 4 rings (SSSR count). The lowest BCUT2D eigenvalue weighted by Gasteiger charge is -2.09. The van der Waals surface area contributed by atoms with Gasteiger partial charge >= 0.3 is 11.9 Å². The largest absolute Gasteiger partial charge is 0.494 e. The Labute approximate surface area is 242 Å². The summed E-state index contributed by atoms with van der Waals surface area (Å²) in [4.78, 5) is 23.3. The molecular formula is C31H30ClNO6S. The van der Waals surface area contributed by atoms with E-state index in [1.165, 1.54) is 11.8 Å². The first-order chi connectivity index (χ1) is 19.4. The number of unbranched alkanes of at least 4 members (excludes halogenated alkanes) is 1. The molecule has 2 N–H and O–H groups in total. The van der Waals surface area contributed by atoms with Crippen LogP contribution < -0.4 is 9.47 Å². The molecule has 0 saturated carbocycles. The van der Waals surface area contributed by atoms with Crippen LogP contribution in [0.15, 0.2) is 77.8 Å². The van der Waals surface area contributed by atoms with Crippen LogP contribution in [0.5, 0.6) is 11.5 Å². The number of nitrogens with zero attached hydrogens (tertiary/aromatic N) is 1. The zero-order chi connectivity index (χ0) is 28.3. The first-order valence-electron chi connectivity index (χ1n) is 12.9. The van der Waals surface area contributed by atoms with Gasteiger partial charge < -0.3 is 24.3 Å². The number of aliphatic carboxylic acids is 2. The van der Waals surface area contributed by atoms with Crippen molar-refractivity contribution in [2.45, 2.75) is 30.7 Å². The monoisotopic (exact) mass is 579 g/mol. The van der Waals surface area contributed by atoms with E-state index in [0.29, 0.717) is 29.7 Å². The summed E-state index contributed by atoms with van der Waals surface area (Å²) in [7, 11) is 0. The summed E-state index contributed by atoms with van der Waals surface area (Å²) in [6.07, 6.45) is 7.45. The Kier molecular flexibility index (Phi) is 10.5. The molecule has 0 atom stereocenters. The third-order valence-corrected chi connectivity index (χ3v) is 7.37. The minimum atomic E-state index is -0.943. The molecule has 0 radical (unpaired) electrons. The van der Waals surface area contributed by atoms with Crippen molar-refractivity contribution >= 4 is 58.4 Å². The number of halogens is 1. The Bertz CT molecular complexity index is 1480. The minimum absolute atomic E-state index is 0.0353. The van der Waals surface area contributed by atoms with E-state index in [0.717, 1.165) is 45.5 Å². The standard InChI is InChI=1S/C31H30ClNO6S/c32-26-8-1-2-9-27(26)39-18-4-3-17-38-24-14-11-22(12-15-24)10-13-23-6-5-7-25-28(40-19-16-29(34)35)20-33(31(23)25)21-30(36)37/h1-2,5-15,20H,3-4,16-19,21H2,(H,34,35)(H,36,37)/b13-10+. The number of fused-ring (bicyclic) bond motifs is 1. The predicted molar refractivity (Wildman–Crippen MR) is 160 cm³/mol. The summed E-state index contributed by atoms with van der Waals surface area (Å²) in [5, 5.41) is 19.9. The van der Waals surface area contributed by atoms with E-state index in [2.05, 4.69) is 0 Å². The quantitative estimate of drug-likeness (QED) is 0.0862. The van der Waals surface area contributed by atoms with Gasteiger partial charge in [0.15, 0.2) is 0 Å². The molecule has 1 aromatic heterocycles. The van der Waals surface area contributed by atoms with Gasteiger partial charge in [0.2, 0.25) is 0 Å². The molecule has 0 saturated heterocycles. The number of thioether (sulfide) groups is 1. The number of carboxylic acid groups (broad SMARTS) is 2. The van der Waals surface area contributed by atoms with Gasteiger partial charge in [-0.15, -0.1) is 11.8 Å². The number of carboxylic acids is 2. The number of hydrogen-bond acceptors (Lipinski definition) is 5. The van der Waals surface area contributed by atoms with Crippen LogP contribution in [0.25, 0.3) is 23.1 Å². The van der Waals surface area contributed by atoms with E-state index in [9.17, 15) is 14.7 Å². The van der Waals surface area contributed by atoms with Gasteiger partial charge in [-0.2, -0.15) is 0 Å². The molecular weight excluding hydrogens is 550 g/mol. The van der Waals surface area contributed by atoms with Crippen LogP contribution in [-0.4, -0.2) is 45.7 Å². The van der Waals surface area contributed by atoms with Crippen molar-refractivity contribution < 1.29 is 29.3 Å². The average molecular weight is 580 g/mol. The Balaban J connectivity index is 1.35. The maximum Gasteiger partial charge on any atom is 0.323 e. The van der Waals surface area contributed by atoms with Crippen LogP contribution in [0, 0.1) is 0 Å². The molecule has 0 aliphatic carbocycles. The lowest BCUT2D eigenvalue weighted by atomic mass is 10.1. The average Bonchev–Trinajstić information content (AvgIpc) is 3.28. The normalized spacial score (nSPS) is 11.2. The van der Waals surface area contributed by atoms with Crippen LogP contribution in [0.3, 0.4) is 0 Å². The minimum Gasteiger partial charge on any atom is -0.494 e. The second-order valence-corrected chi connectivity index (χ2v) is 10.5. The Hall–Kier alpha value is -3.88. The van der Waals surface area contributed by atoms with Crippen LogP contribution in [-0.2, 0) is 16.1 Å². The first kappa shape index (κ1) is 29.1. The van der Waals surface area contributed by atoms with Crippen molar-refractivity contribution in [1.82, 2.24) is 4.57 Å². The molecule has 0 fully saturated rings. The number of para-hydroxylation sites is 2. The second kappa shape index (κ2) is 14.5. The molecule has 0 aliphatic rings. The van der Waals surface area contributed by atoms with Crippen molar-refractivity contribution in [3.63, 3.8) is 0 Å². The van der Waals surface area contributed by atoms with E-state index in [1.807, 2.05) is 72.8 Å². The molecule has 0 amide bonds. The SMILES string of the molecule is O=C(O)CCSc1cn(CC(=O)O)c2c(/C=C/c3ccc(OCCCCOc4ccccc4Cl)cc3)cccc12. The van der Waals surface area contributed by atoms with Gasteiger partial charge in [0, 0.05) is 22.2 Å².